The number of hydrogen-bond acceptors (Lipinski definition) is 5. The van der Waals surface area contributed by atoms with Crippen molar-refractivity contribution in [1.29, 1.82) is 0 Å². The van der Waals surface area contributed by atoms with Gasteiger partial charge in [0.05, 0.1) is 6.20 Å². The molecule has 0 aromatic carbocycles. The standard InChI is InChI=1S/C16H18N6/c1-20-7-9-21(10-8-20)15-4-6-18-16-14(12-19-22(15)16)13-3-2-5-17-11-13/h2-6,11-12H,7-10H2,1H3. The van der Waals surface area contributed by atoms with Crippen LogP contribution in [0.3, 0.4) is 0 Å². The van der Waals surface area contributed by atoms with Crippen molar-refractivity contribution in [1.82, 2.24) is 24.5 Å². The predicted molar refractivity (Wildman–Crippen MR) is 85.9 cm³/mol. The predicted octanol–water partition coefficient (Wildman–Crippen LogP) is 1.54. The highest BCUT2D eigenvalue weighted by atomic mass is 15.4. The number of hydrogen-bond donors (Lipinski definition) is 0. The Morgan fingerprint density at radius 2 is 1.86 bits per heavy atom. The first-order chi connectivity index (χ1) is 10.8. The average Bonchev–Trinajstić information content (AvgIpc) is 3.00. The van der Waals surface area contributed by atoms with Gasteiger partial charge in [-0.2, -0.15) is 9.61 Å². The van der Waals surface area contributed by atoms with Crippen molar-refractivity contribution >= 4 is 11.5 Å². The van der Waals surface area contributed by atoms with Crippen LogP contribution in [-0.4, -0.2) is 57.7 Å². The molecule has 0 amide bonds. The molecule has 6 heteroatoms. The summed E-state index contributed by atoms with van der Waals surface area (Å²) in [5, 5.41) is 4.56. The minimum atomic E-state index is 0.879. The number of rotatable bonds is 2. The van der Waals surface area contributed by atoms with E-state index in [9.17, 15) is 0 Å². The summed E-state index contributed by atoms with van der Waals surface area (Å²) >= 11 is 0. The second-order valence-corrected chi connectivity index (χ2v) is 5.63. The maximum absolute atomic E-state index is 4.56. The van der Waals surface area contributed by atoms with Crippen LogP contribution in [0.25, 0.3) is 16.8 Å². The fraction of sp³-hybridized carbons (Fsp3) is 0.312. The quantitative estimate of drug-likeness (QED) is 0.717. The maximum Gasteiger partial charge on any atom is 0.165 e. The van der Waals surface area contributed by atoms with Gasteiger partial charge in [0, 0.05) is 55.9 Å². The van der Waals surface area contributed by atoms with Crippen LogP contribution < -0.4 is 4.90 Å². The molecule has 0 aliphatic carbocycles. The number of anilines is 1. The summed E-state index contributed by atoms with van der Waals surface area (Å²) in [5.74, 6) is 1.10. The Balaban J connectivity index is 1.77. The lowest BCUT2D eigenvalue weighted by Crippen LogP contribution is -2.45. The Labute approximate surface area is 129 Å². The van der Waals surface area contributed by atoms with E-state index in [0.29, 0.717) is 0 Å². The third kappa shape index (κ3) is 2.21. The normalized spacial score (nSPS) is 16.3. The van der Waals surface area contributed by atoms with Gasteiger partial charge in [-0.05, 0) is 19.2 Å². The third-order valence-electron chi connectivity index (χ3n) is 4.18. The summed E-state index contributed by atoms with van der Waals surface area (Å²) in [5.41, 5.74) is 2.94. The highest BCUT2D eigenvalue weighted by molar-refractivity contribution is 5.77. The molecule has 1 aliphatic rings. The first-order valence-electron chi connectivity index (χ1n) is 7.49. The van der Waals surface area contributed by atoms with Gasteiger partial charge in [-0.15, -0.1) is 0 Å². The SMILES string of the molecule is CN1CCN(c2ccnc3c(-c4cccnc4)cnn23)CC1. The van der Waals surface area contributed by atoms with Gasteiger partial charge in [-0.1, -0.05) is 6.07 Å². The van der Waals surface area contributed by atoms with E-state index in [1.807, 2.05) is 41.3 Å². The van der Waals surface area contributed by atoms with Gasteiger partial charge in [0.25, 0.3) is 0 Å². The van der Waals surface area contributed by atoms with Crippen LogP contribution in [0.15, 0.2) is 43.0 Å². The van der Waals surface area contributed by atoms with Crippen molar-refractivity contribution in [3.05, 3.63) is 43.0 Å². The molecule has 6 nitrogen and oxygen atoms in total. The fourth-order valence-electron chi connectivity index (χ4n) is 2.88. The molecule has 0 unspecified atom stereocenters. The van der Waals surface area contributed by atoms with Gasteiger partial charge in [0.1, 0.15) is 5.82 Å². The molecule has 4 heterocycles. The van der Waals surface area contributed by atoms with Crippen molar-refractivity contribution in [2.75, 3.05) is 38.1 Å². The molecule has 0 spiro atoms. The van der Waals surface area contributed by atoms with Gasteiger partial charge in [-0.3, -0.25) is 4.98 Å². The summed E-state index contributed by atoms with van der Waals surface area (Å²) in [6.45, 7) is 4.16. The van der Waals surface area contributed by atoms with Gasteiger partial charge >= 0.3 is 0 Å². The van der Waals surface area contributed by atoms with Crippen molar-refractivity contribution < 1.29 is 0 Å². The minimum absolute atomic E-state index is 0.879. The second-order valence-electron chi connectivity index (χ2n) is 5.63. The molecule has 1 aliphatic heterocycles. The van der Waals surface area contributed by atoms with E-state index in [2.05, 4.69) is 31.9 Å². The number of piperazine rings is 1. The third-order valence-corrected chi connectivity index (χ3v) is 4.18. The average molecular weight is 294 g/mol. The van der Waals surface area contributed by atoms with Crippen LogP contribution in [0, 0.1) is 0 Å². The van der Waals surface area contributed by atoms with E-state index >= 15 is 0 Å². The summed E-state index contributed by atoms with van der Waals surface area (Å²) in [6.07, 6.45) is 7.36. The van der Waals surface area contributed by atoms with Gasteiger partial charge in [-0.25, -0.2) is 4.98 Å². The molecule has 0 saturated carbocycles. The molecule has 1 fully saturated rings. The lowest BCUT2D eigenvalue weighted by atomic mass is 10.1. The molecule has 3 aromatic heterocycles. The maximum atomic E-state index is 4.56. The molecule has 22 heavy (non-hydrogen) atoms. The lowest BCUT2D eigenvalue weighted by molar-refractivity contribution is 0.311. The molecule has 0 radical (unpaired) electrons. The molecule has 0 bridgehead atoms. The van der Waals surface area contributed by atoms with Crippen LogP contribution in [0.5, 0.6) is 0 Å². The molecular weight excluding hydrogens is 276 g/mol. The van der Waals surface area contributed by atoms with Crippen LogP contribution in [0.4, 0.5) is 5.82 Å². The highest BCUT2D eigenvalue weighted by Gasteiger charge is 2.18. The zero-order valence-corrected chi connectivity index (χ0v) is 12.6. The molecule has 112 valence electrons. The van der Waals surface area contributed by atoms with E-state index in [1.165, 1.54) is 0 Å². The Morgan fingerprint density at radius 1 is 1.00 bits per heavy atom. The number of fused-ring (bicyclic) bond motifs is 1. The Morgan fingerprint density at radius 3 is 2.64 bits per heavy atom. The van der Waals surface area contributed by atoms with Crippen molar-refractivity contribution in [2.45, 2.75) is 0 Å². The van der Waals surface area contributed by atoms with E-state index in [0.717, 1.165) is 48.8 Å². The zero-order valence-electron chi connectivity index (χ0n) is 12.6. The number of pyridine rings is 1. The highest BCUT2D eigenvalue weighted by Crippen LogP contribution is 2.25. The number of nitrogens with zero attached hydrogens (tertiary/aromatic N) is 6. The van der Waals surface area contributed by atoms with Crippen molar-refractivity contribution in [3.8, 4) is 11.1 Å². The van der Waals surface area contributed by atoms with Crippen LogP contribution in [0.1, 0.15) is 0 Å². The summed E-state index contributed by atoms with van der Waals surface area (Å²) in [7, 11) is 2.16. The number of aromatic nitrogens is 4. The molecule has 3 aromatic rings. The van der Waals surface area contributed by atoms with Crippen LogP contribution in [0.2, 0.25) is 0 Å². The van der Waals surface area contributed by atoms with Gasteiger partial charge in [0.15, 0.2) is 5.65 Å². The minimum Gasteiger partial charge on any atom is -0.354 e. The van der Waals surface area contributed by atoms with E-state index in [1.54, 1.807) is 6.20 Å². The van der Waals surface area contributed by atoms with Crippen molar-refractivity contribution in [3.63, 3.8) is 0 Å². The van der Waals surface area contributed by atoms with E-state index in [-0.39, 0.29) is 0 Å². The summed E-state index contributed by atoms with van der Waals surface area (Å²) in [4.78, 5) is 13.4. The van der Waals surface area contributed by atoms with Crippen LogP contribution >= 0.6 is 0 Å². The Hall–Kier alpha value is -2.47. The fourth-order valence-corrected chi connectivity index (χ4v) is 2.88. The molecular formula is C16H18N6. The molecule has 1 saturated heterocycles. The molecule has 0 N–H and O–H groups in total. The Kier molecular flexibility index (Phi) is 3.23. The largest absolute Gasteiger partial charge is 0.354 e. The monoisotopic (exact) mass is 294 g/mol. The van der Waals surface area contributed by atoms with E-state index in [4.69, 9.17) is 0 Å². The van der Waals surface area contributed by atoms with E-state index < -0.39 is 0 Å². The summed E-state index contributed by atoms with van der Waals surface area (Å²) in [6, 6.07) is 6.01. The number of likely N-dealkylation sites (N-methyl/N-ethyl adjacent to an activating group) is 1. The topological polar surface area (TPSA) is 49.6 Å². The van der Waals surface area contributed by atoms with Crippen LogP contribution in [-0.2, 0) is 0 Å². The first kappa shape index (κ1) is 13.2. The zero-order chi connectivity index (χ0) is 14.9. The molecule has 4 rings (SSSR count). The van der Waals surface area contributed by atoms with Crippen molar-refractivity contribution in [2.24, 2.45) is 0 Å². The molecule has 0 atom stereocenters. The smallest absolute Gasteiger partial charge is 0.165 e. The Bertz CT molecular complexity index is 774. The van der Waals surface area contributed by atoms with Gasteiger partial charge < -0.3 is 9.80 Å². The first-order valence-corrected chi connectivity index (χ1v) is 7.49. The lowest BCUT2D eigenvalue weighted by Gasteiger charge is -2.33. The second kappa shape index (κ2) is 5.38. The van der Waals surface area contributed by atoms with Gasteiger partial charge in [0.2, 0.25) is 0 Å². The summed E-state index contributed by atoms with van der Waals surface area (Å²) < 4.78 is 1.94.